The minimum atomic E-state index is -0.314. The number of rotatable bonds is 6. The summed E-state index contributed by atoms with van der Waals surface area (Å²) in [5.41, 5.74) is 2.62. The van der Waals surface area contributed by atoms with Crippen LogP contribution in [0.1, 0.15) is 21.7 Å². The Hall–Kier alpha value is -2.19. The van der Waals surface area contributed by atoms with Crippen molar-refractivity contribution in [3.63, 3.8) is 0 Å². The summed E-state index contributed by atoms with van der Waals surface area (Å²) in [5, 5.41) is 11.6. The number of carbonyl (C=O) groups excluding carboxylic acids is 1. The number of aryl methyl sites for hydroxylation is 1. The fourth-order valence-corrected chi connectivity index (χ4v) is 4.21. The number of anilines is 1. The van der Waals surface area contributed by atoms with E-state index in [1.807, 2.05) is 19.9 Å². The average molecular weight is 376 g/mol. The molecule has 8 heteroatoms. The summed E-state index contributed by atoms with van der Waals surface area (Å²) in [6, 6.07) is 8.36. The van der Waals surface area contributed by atoms with E-state index in [9.17, 15) is 9.18 Å². The van der Waals surface area contributed by atoms with Crippen molar-refractivity contribution in [2.24, 2.45) is 0 Å². The zero-order valence-corrected chi connectivity index (χ0v) is 15.7. The predicted octanol–water partition coefficient (Wildman–Crippen LogP) is 4.10. The first-order chi connectivity index (χ1) is 12.0. The first kappa shape index (κ1) is 17.6. The zero-order chi connectivity index (χ0) is 18.0. The molecule has 1 aromatic carbocycles. The van der Waals surface area contributed by atoms with Gasteiger partial charge in [0.1, 0.15) is 5.82 Å². The number of benzene rings is 1. The molecular weight excluding hydrogens is 359 g/mol. The van der Waals surface area contributed by atoms with Crippen LogP contribution in [0, 0.1) is 19.7 Å². The number of aromatic nitrogens is 3. The molecule has 0 aliphatic carbocycles. The standard InChI is InChI=1S/C17H17FN4OS2/c1-10-8-12(11(2)22(10)14-7-5-4-6-13(14)18)15(23)9-24-17-21-20-16(19-3)25-17/h4-8H,9H2,1-3H3,(H,19,20). The van der Waals surface area contributed by atoms with E-state index < -0.39 is 0 Å². The van der Waals surface area contributed by atoms with Gasteiger partial charge in [0.2, 0.25) is 5.13 Å². The third-order valence-corrected chi connectivity index (χ3v) is 5.85. The summed E-state index contributed by atoms with van der Waals surface area (Å²) >= 11 is 2.76. The topological polar surface area (TPSA) is 59.8 Å². The van der Waals surface area contributed by atoms with Gasteiger partial charge < -0.3 is 9.88 Å². The smallest absolute Gasteiger partial charge is 0.206 e. The normalized spacial score (nSPS) is 10.9. The number of ketones is 1. The second-order valence-corrected chi connectivity index (χ2v) is 7.61. The van der Waals surface area contributed by atoms with Crippen LogP contribution in [0.15, 0.2) is 34.7 Å². The van der Waals surface area contributed by atoms with Crippen molar-refractivity contribution in [2.75, 3.05) is 18.1 Å². The molecule has 0 amide bonds. The quantitative estimate of drug-likeness (QED) is 0.518. The Morgan fingerprint density at radius 3 is 2.76 bits per heavy atom. The van der Waals surface area contributed by atoms with E-state index in [4.69, 9.17) is 0 Å². The van der Waals surface area contributed by atoms with Crippen molar-refractivity contribution < 1.29 is 9.18 Å². The van der Waals surface area contributed by atoms with E-state index in [0.29, 0.717) is 16.4 Å². The largest absolute Gasteiger partial charge is 0.363 e. The molecule has 0 bridgehead atoms. The Morgan fingerprint density at radius 1 is 1.32 bits per heavy atom. The maximum Gasteiger partial charge on any atom is 0.206 e. The van der Waals surface area contributed by atoms with Gasteiger partial charge in [-0.2, -0.15) is 0 Å². The highest BCUT2D eigenvalue weighted by Gasteiger charge is 2.19. The van der Waals surface area contributed by atoms with Crippen LogP contribution in [-0.4, -0.2) is 33.3 Å². The highest BCUT2D eigenvalue weighted by atomic mass is 32.2. The Balaban J connectivity index is 1.82. The summed E-state index contributed by atoms with van der Waals surface area (Å²) in [6.07, 6.45) is 0. The van der Waals surface area contributed by atoms with Gasteiger partial charge in [-0.3, -0.25) is 4.79 Å². The van der Waals surface area contributed by atoms with E-state index >= 15 is 0 Å². The summed E-state index contributed by atoms with van der Waals surface area (Å²) in [4.78, 5) is 12.6. The number of Topliss-reactive ketones (excluding diaryl/α,β-unsaturated/α-hetero) is 1. The highest BCUT2D eigenvalue weighted by Crippen LogP contribution is 2.28. The van der Waals surface area contributed by atoms with Gasteiger partial charge in [0.15, 0.2) is 10.1 Å². The maximum atomic E-state index is 14.1. The lowest BCUT2D eigenvalue weighted by atomic mass is 10.2. The number of thioether (sulfide) groups is 1. The predicted molar refractivity (Wildman–Crippen MR) is 99.7 cm³/mol. The lowest BCUT2D eigenvalue weighted by molar-refractivity contribution is 0.102. The number of nitrogens with zero attached hydrogens (tertiary/aromatic N) is 3. The van der Waals surface area contributed by atoms with Crippen molar-refractivity contribution in [3.05, 3.63) is 53.1 Å². The number of hydrogen-bond acceptors (Lipinski definition) is 6. The average Bonchev–Trinajstić information content (AvgIpc) is 3.18. The van der Waals surface area contributed by atoms with Crippen molar-refractivity contribution in [2.45, 2.75) is 18.2 Å². The molecule has 5 nitrogen and oxygen atoms in total. The minimum Gasteiger partial charge on any atom is -0.363 e. The molecule has 0 fully saturated rings. The molecular formula is C17H17FN4OS2. The molecule has 0 spiro atoms. The van der Waals surface area contributed by atoms with Gasteiger partial charge in [-0.25, -0.2) is 4.39 Å². The Labute approximate surface area is 153 Å². The molecule has 0 aliphatic heterocycles. The summed E-state index contributed by atoms with van der Waals surface area (Å²) in [5.74, 6) is -0.0621. The van der Waals surface area contributed by atoms with Gasteiger partial charge in [0.05, 0.1) is 11.4 Å². The molecule has 2 heterocycles. The van der Waals surface area contributed by atoms with Crippen LogP contribution in [0.25, 0.3) is 5.69 Å². The Morgan fingerprint density at radius 2 is 2.08 bits per heavy atom. The minimum absolute atomic E-state index is 0.0121. The lowest BCUT2D eigenvalue weighted by Crippen LogP contribution is -2.06. The van der Waals surface area contributed by atoms with Gasteiger partial charge in [-0.1, -0.05) is 35.2 Å². The van der Waals surface area contributed by atoms with Crippen LogP contribution in [0.2, 0.25) is 0 Å². The Kier molecular flexibility index (Phi) is 5.19. The molecule has 1 N–H and O–H groups in total. The lowest BCUT2D eigenvalue weighted by Gasteiger charge is -2.10. The van der Waals surface area contributed by atoms with Crippen molar-refractivity contribution in [1.82, 2.24) is 14.8 Å². The molecule has 0 atom stereocenters. The second-order valence-electron chi connectivity index (χ2n) is 5.41. The monoisotopic (exact) mass is 376 g/mol. The fourth-order valence-electron chi connectivity index (χ4n) is 2.62. The number of halogens is 1. The van der Waals surface area contributed by atoms with Crippen LogP contribution in [0.3, 0.4) is 0 Å². The summed E-state index contributed by atoms with van der Waals surface area (Å²) in [6.45, 7) is 3.70. The third kappa shape index (κ3) is 3.59. The SMILES string of the molecule is CNc1nnc(SCC(=O)c2cc(C)n(-c3ccccc3F)c2C)s1. The first-order valence-electron chi connectivity index (χ1n) is 7.62. The molecule has 130 valence electrons. The van der Waals surface area contributed by atoms with E-state index in [-0.39, 0.29) is 17.4 Å². The van der Waals surface area contributed by atoms with Gasteiger partial charge in [-0.15, -0.1) is 10.2 Å². The molecule has 0 radical (unpaired) electrons. The van der Waals surface area contributed by atoms with Crippen LogP contribution in [0.4, 0.5) is 9.52 Å². The molecule has 3 aromatic rings. The van der Waals surface area contributed by atoms with E-state index in [2.05, 4.69) is 15.5 Å². The molecule has 2 aromatic heterocycles. The molecule has 0 saturated carbocycles. The number of hydrogen-bond donors (Lipinski definition) is 1. The van der Waals surface area contributed by atoms with E-state index in [1.54, 1.807) is 29.8 Å². The first-order valence-corrected chi connectivity index (χ1v) is 9.42. The van der Waals surface area contributed by atoms with E-state index in [0.717, 1.165) is 15.7 Å². The van der Waals surface area contributed by atoms with Crippen LogP contribution >= 0.6 is 23.1 Å². The summed E-state index contributed by atoms with van der Waals surface area (Å²) < 4.78 is 16.6. The second kappa shape index (κ2) is 7.37. The molecule has 0 aliphatic rings. The molecule has 0 saturated heterocycles. The number of nitrogens with one attached hydrogen (secondary N) is 1. The van der Waals surface area contributed by atoms with Gasteiger partial charge in [-0.05, 0) is 32.0 Å². The van der Waals surface area contributed by atoms with Crippen molar-refractivity contribution >= 4 is 34.0 Å². The van der Waals surface area contributed by atoms with Crippen LogP contribution < -0.4 is 5.32 Å². The highest BCUT2D eigenvalue weighted by molar-refractivity contribution is 8.01. The zero-order valence-electron chi connectivity index (χ0n) is 14.0. The van der Waals surface area contributed by atoms with Crippen LogP contribution in [0.5, 0.6) is 0 Å². The molecule has 0 unspecified atom stereocenters. The van der Waals surface area contributed by atoms with Crippen molar-refractivity contribution in [3.8, 4) is 5.69 Å². The maximum absolute atomic E-state index is 14.1. The number of para-hydroxylation sites is 1. The molecule has 25 heavy (non-hydrogen) atoms. The van der Waals surface area contributed by atoms with Crippen LogP contribution in [-0.2, 0) is 0 Å². The Bertz CT molecular complexity index is 919. The number of carbonyl (C=O) groups is 1. The van der Waals surface area contributed by atoms with Gasteiger partial charge >= 0.3 is 0 Å². The molecule has 3 rings (SSSR count). The van der Waals surface area contributed by atoms with Gasteiger partial charge in [0.25, 0.3) is 0 Å². The van der Waals surface area contributed by atoms with Gasteiger partial charge in [0, 0.05) is 24.0 Å². The van der Waals surface area contributed by atoms with E-state index in [1.165, 1.54) is 29.2 Å². The summed E-state index contributed by atoms with van der Waals surface area (Å²) in [7, 11) is 1.78. The fraction of sp³-hybridized carbons (Fsp3) is 0.235. The third-order valence-electron chi connectivity index (χ3n) is 3.77. The van der Waals surface area contributed by atoms with Crippen molar-refractivity contribution in [1.29, 1.82) is 0 Å².